The summed E-state index contributed by atoms with van der Waals surface area (Å²) in [5, 5.41) is 14.0. The third-order valence-electron chi connectivity index (χ3n) is 3.23. The van der Waals surface area contributed by atoms with Gasteiger partial charge in [0.15, 0.2) is 0 Å². The van der Waals surface area contributed by atoms with E-state index < -0.39 is 12.0 Å². The molecule has 1 aliphatic rings. The lowest BCUT2D eigenvalue weighted by molar-refractivity contribution is -0.0473. The van der Waals surface area contributed by atoms with E-state index in [2.05, 4.69) is 10.6 Å². The van der Waals surface area contributed by atoms with Crippen LogP contribution in [0.1, 0.15) is 32.1 Å². The molecule has 0 radical (unpaired) electrons. The molecular weight excluding hydrogens is 230 g/mol. The molecule has 0 aliphatic heterocycles. The van der Waals surface area contributed by atoms with Gasteiger partial charge in [-0.25, -0.2) is 13.6 Å². The normalized spacial score (nSPS) is 22.1. The molecule has 1 amide bonds. The first-order valence-electron chi connectivity index (χ1n) is 5.95. The average Bonchev–Trinajstić information content (AvgIpc) is 2.20. The van der Waals surface area contributed by atoms with Gasteiger partial charge in [0.05, 0.1) is 0 Å². The van der Waals surface area contributed by atoms with E-state index in [1.165, 1.54) is 0 Å². The fraction of sp³-hybridized carbons (Fsp3) is 0.909. The SMILES string of the molecule is CNCC(CC1CCC(F)(F)CC1)NC(=O)O. The van der Waals surface area contributed by atoms with Crippen LogP contribution in [-0.4, -0.2) is 36.8 Å². The molecule has 0 saturated heterocycles. The lowest BCUT2D eigenvalue weighted by atomic mass is 9.83. The van der Waals surface area contributed by atoms with Crippen LogP contribution >= 0.6 is 0 Å². The molecule has 17 heavy (non-hydrogen) atoms. The summed E-state index contributed by atoms with van der Waals surface area (Å²) in [6.45, 7) is 0.527. The molecule has 1 fully saturated rings. The van der Waals surface area contributed by atoms with Crippen molar-refractivity contribution in [2.75, 3.05) is 13.6 Å². The number of halogens is 2. The summed E-state index contributed by atoms with van der Waals surface area (Å²) in [6.07, 6.45) is 0.381. The molecule has 0 aromatic carbocycles. The molecule has 1 rings (SSSR count). The van der Waals surface area contributed by atoms with Gasteiger partial charge in [0.1, 0.15) is 0 Å². The number of nitrogens with one attached hydrogen (secondary N) is 2. The Morgan fingerprint density at radius 1 is 1.47 bits per heavy atom. The van der Waals surface area contributed by atoms with E-state index in [1.807, 2.05) is 0 Å². The minimum absolute atomic E-state index is 0.0724. The van der Waals surface area contributed by atoms with Gasteiger partial charge < -0.3 is 15.7 Å². The average molecular weight is 250 g/mol. The Bertz CT molecular complexity index is 252. The number of amides is 1. The molecular formula is C11H20F2N2O2. The van der Waals surface area contributed by atoms with Crippen LogP contribution in [0.5, 0.6) is 0 Å². The van der Waals surface area contributed by atoms with Crippen LogP contribution in [0, 0.1) is 5.92 Å². The summed E-state index contributed by atoms with van der Waals surface area (Å²) in [5.41, 5.74) is 0. The second kappa shape index (κ2) is 6.14. The molecule has 0 aromatic rings. The Morgan fingerprint density at radius 2 is 2.06 bits per heavy atom. The van der Waals surface area contributed by atoms with Gasteiger partial charge in [-0.1, -0.05) is 0 Å². The lowest BCUT2D eigenvalue weighted by Gasteiger charge is -2.30. The maximum Gasteiger partial charge on any atom is 0.404 e. The van der Waals surface area contributed by atoms with Crippen molar-refractivity contribution in [3.8, 4) is 0 Å². The van der Waals surface area contributed by atoms with E-state index in [9.17, 15) is 13.6 Å². The first kappa shape index (κ1) is 14.2. The van der Waals surface area contributed by atoms with Crippen molar-refractivity contribution < 1.29 is 18.7 Å². The van der Waals surface area contributed by atoms with E-state index in [4.69, 9.17) is 5.11 Å². The molecule has 1 unspecified atom stereocenters. The fourth-order valence-electron chi connectivity index (χ4n) is 2.35. The largest absolute Gasteiger partial charge is 0.465 e. The van der Waals surface area contributed by atoms with Crippen LogP contribution in [0.15, 0.2) is 0 Å². The van der Waals surface area contributed by atoms with Gasteiger partial charge >= 0.3 is 6.09 Å². The Morgan fingerprint density at radius 3 is 2.53 bits per heavy atom. The first-order chi connectivity index (χ1) is 7.93. The molecule has 0 heterocycles. The van der Waals surface area contributed by atoms with Crippen LogP contribution in [0.4, 0.5) is 13.6 Å². The minimum atomic E-state index is -2.52. The predicted molar refractivity (Wildman–Crippen MR) is 60.4 cm³/mol. The van der Waals surface area contributed by atoms with E-state index in [0.717, 1.165) is 0 Å². The molecule has 4 nitrogen and oxygen atoms in total. The summed E-state index contributed by atoms with van der Waals surface area (Å²) in [4.78, 5) is 10.6. The number of likely N-dealkylation sites (N-methyl/N-ethyl adjacent to an activating group) is 1. The zero-order chi connectivity index (χ0) is 12.9. The van der Waals surface area contributed by atoms with Crippen molar-refractivity contribution in [1.29, 1.82) is 0 Å². The second-order valence-corrected chi connectivity index (χ2v) is 4.74. The van der Waals surface area contributed by atoms with Gasteiger partial charge in [-0.3, -0.25) is 0 Å². The van der Waals surface area contributed by atoms with Crippen LogP contribution < -0.4 is 10.6 Å². The number of hydrogen-bond acceptors (Lipinski definition) is 2. The van der Waals surface area contributed by atoms with E-state index >= 15 is 0 Å². The van der Waals surface area contributed by atoms with Gasteiger partial charge in [-0.05, 0) is 32.2 Å². The van der Waals surface area contributed by atoms with Crippen molar-refractivity contribution in [3.63, 3.8) is 0 Å². The molecule has 3 N–H and O–H groups in total. The smallest absolute Gasteiger partial charge is 0.404 e. The van der Waals surface area contributed by atoms with Crippen molar-refractivity contribution in [2.24, 2.45) is 5.92 Å². The van der Waals surface area contributed by atoms with Crippen LogP contribution in [0.3, 0.4) is 0 Å². The lowest BCUT2D eigenvalue weighted by Crippen LogP contribution is -2.42. The van der Waals surface area contributed by atoms with Gasteiger partial charge in [0.25, 0.3) is 0 Å². The monoisotopic (exact) mass is 250 g/mol. The quantitative estimate of drug-likeness (QED) is 0.700. The first-order valence-corrected chi connectivity index (χ1v) is 5.95. The molecule has 0 spiro atoms. The summed E-state index contributed by atoms with van der Waals surface area (Å²) >= 11 is 0. The third-order valence-corrected chi connectivity index (χ3v) is 3.23. The van der Waals surface area contributed by atoms with E-state index in [1.54, 1.807) is 7.05 Å². The standard InChI is InChI=1S/C11H20F2N2O2/c1-14-7-9(15-10(16)17)6-8-2-4-11(12,13)5-3-8/h8-9,14-15H,2-7H2,1H3,(H,16,17). The Hall–Kier alpha value is -0.910. The summed E-state index contributed by atoms with van der Waals surface area (Å²) in [6, 6.07) is -0.200. The highest BCUT2D eigenvalue weighted by molar-refractivity contribution is 5.64. The van der Waals surface area contributed by atoms with Crippen LogP contribution in [0.2, 0.25) is 0 Å². The van der Waals surface area contributed by atoms with Gasteiger partial charge in [0.2, 0.25) is 5.92 Å². The maximum atomic E-state index is 13.0. The highest BCUT2D eigenvalue weighted by atomic mass is 19.3. The number of carbonyl (C=O) groups is 1. The minimum Gasteiger partial charge on any atom is -0.465 e. The van der Waals surface area contributed by atoms with Crippen molar-refractivity contribution in [1.82, 2.24) is 10.6 Å². The van der Waals surface area contributed by atoms with Gasteiger partial charge in [-0.15, -0.1) is 0 Å². The molecule has 0 bridgehead atoms. The molecule has 6 heteroatoms. The van der Waals surface area contributed by atoms with E-state index in [-0.39, 0.29) is 24.8 Å². The molecule has 1 saturated carbocycles. The highest BCUT2D eigenvalue weighted by Crippen LogP contribution is 2.37. The highest BCUT2D eigenvalue weighted by Gasteiger charge is 2.35. The number of rotatable bonds is 5. The van der Waals surface area contributed by atoms with E-state index in [0.29, 0.717) is 25.8 Å². The van der Waals surface area contributed by atoms with Crippen LogP contribution in [0.25, 0.3) is 0 Å². The zero-order valence-corrected chi connectivity index (χ0v) is 10.0. The predicted octanol–water partition coefficient (Wildman–Crippen LogP) is 2.06. The van der Waals surface area contributed by atoms with Gasteiger partial charge in [0, 0.05) is 25.4 Å². The molecule has 1 aliphatic carbocycles. The Balaban J connectivity index is 2.37. The number of carboxylic acid groups (broad SMARTS) is 1. The topological polar surface area (TPSA) is 61.4 Å². The number of alkyl halides is 2. The maximum absolute atomic E-state index is 13.0. The van der Waals surface area contributed by atoms with Gasteiger partial charge in [-0.2, -0.15) is 0 Å². The second-order valence-electron chi connectivity index (χ2n) is 4.74. The van der Waals surface area contributed by atoms with Crippen molar-refractivity contribution >= 4 is 6.09 Å². The van der Waals surface area contributed by atoms with Crippen molar-refractivity contribution in [3.05, 3.63) is 0 Å². The van der Waals surface area contributed by atoms with Crippen molar-refractivity contribution in [2.45, 2.75) is 44.1 Å². The Kier molecular flexibility index (Phi) is 5.11. The molecule has 1 atom stereocenters. The molecule has 0 aromatic heterocycles. The summed E-state index contributed by atoms with van der Waals surface area (Å²) in [5.74, 6) is -2.32. The summed E-state index contributed by atoms with van der Waals surface area (Å²) in [7, 11) is 1.74. The summed E-state index contributed by atoms with van der Waals surface area (Å²) < 4.78 is 25.9. The van der Waals surface area contributed by atoms with Crippen LogP contribution in [-0.2, 0) is 0 Å². The molecule has 100 valence electrons. The zero-order valence-electron chi connectivity index (χ0n) is 10.0. The number of hydrogen-bond donors (Lipinski definition) is 3. The third kappa shape index (κ3) is 5.30. The Labute approximate surface area is 99.8 Å². The fourth-order valence-corrected chi connectivity index (χ4v) is 2.35.